The van der Waals surface area contributed by atoms with Gasteiger partial charge in [-0.05, 0) is 25.0 Å². The molecule has 0 N–H and O–H groups in total. The van der Waals surface area contributed by atoms with Crippen molar-refractivity contribution >= 4 is 11.6 Å². The summed E-state index contributed by atoms with van der Waals surface area (Å²) in [7, 11) is 0. The van der Waals surface area contributed by atoms with E-state index in [0.29, 0.717) is 18.0 Å². The highest BCUT2D eigenvalue weighted by Gasteiger charge is 2.28. The highest BCUT2D eigenvalue weighted by atomic mass is 16.5. The summed E-state index contributed by atoms with van der Waals surface area (Å²) < 4.78 is 11.1. The molecule has 0 radical (unpaired) electrons. The molecule has 1 aliphatic rings. The second-order valence-corrected chi connectivity index (χ2v) is 5.98. The third-order valence-electron chi connectivity index (χ3n) is 3.95. The monoisotopic (exact) mass is 315 g/mol. The largest absolute Gasteiger partial charge is 0.447 e. The Labute approximate surface area is 135 Å². The molecule has 3 heterocycles. The molecule has 3 rings (SSSR count). The Morgan fingerprint density at radius 3 is 2.83 bits per heavy atom. The third-order valence-corrected chi connectivity index (χ3v) is 3.95. The van der Waals surface area contributed by atoms with Gasteiger partial charge >= 0.3 is 0 Å². The van der Waals surface area contributed by atoms with Gasteiger partial charge in [0.05, 0.1) is 12.6 Å². The Bertz CT molecular complexity index is 648. The minimum atomic E-state index is -0.163. The van der Waals surface area contributed by atoms with Crippen LogP contribution in [0.3, 0.4) is 0 Å². The lowest BCUT2D eigenvalue weighted by atomic mass is 10.1. The number of hydrogen-bond donors (Lipinski definition) is 0. The number of nitrogens with zero attached hydrogens (tertiary/aromatic N) is 3. The lowest BCUT2D eigenvalue weighted by Crippen LogP contribution is -2.38. The van der Waals surface area contributed by atoms with Crippen LogP contribution in [0.1, 0.15) is 48.9 Å². The zero-order valence-electron chi connectivity index (χ0n) is 13.4. The highest BCUT2D eigenvalue weighted by molar-refractivity contribution is 6.05. The maximum atomic E-state index is 13.0. The number of amides is 1. The lowest BCUT2D eigenvalue weighted by molar-refractivity contribution is 0.0912. The molecule has 2 aromatic rings. The summed E-state index contributed by atoms with van der Waals surface area (Å²) in [4.78, 5) is 22.9. The van der Waals surface area contributed by atoms with Gasteiger partial charge in [-0.15, -0.1) is 0 Å². The molecule has 0 spiro atoms. The molecular weight excluding hydrogens is 294 g/mol. The second kappa shape index (κ2) is 6.91. The van der Waals surface area contributed by atoms with Crippen molar-refractivity contribution in [3.8, 4) is 0 Å². The molecule has 2 aromatic heterocycles. The fourth-order valence-corrected chi connectivity index (χ4v) is 2.77. The summed E-state index contributed by atoms with van der Waals surface area (Å²) in [5, 5.41) is 0. The quantitative estimate of drug-likeness (QED) is 0.848. The van der Waals surface area contributed by atoms with Gasteiger partial charge in [-0.3, -0.25) is 9.78 Å². The number of carbonyl (C=O) groups is 1. The van der Waals surface area contributed by atoms with Crippen molar-refractivity contribution in [3.05, 3.63) is 42.4 Å². The highest BCUT2D eigenvalue weighted by Crippen LogP contribution is 2.24. The molecule has 1 unspecified atom stereocenters. The molecule has 1 amide bonds. The van der Waals surface area contributed by atoms with Crippen LogP contribution in [0, 0.1) is 0 Å². The van der Waals surface area contributed by atoms with Crippen LogP contribution in [-0.4, -0.2) is 35.1 Å². The van der Waals surface area contributed by atoms with Gasteiger partial charge in [-0.1, -0.05) is 13.8 Å². The number of ether oxygens (including phenoxy) is 1. The average Bonchev–Trinajstić information content (AvgIpc) is 3.24. The standard InChI is InChI=1S/C17H21N3O3/c1-12(2)16-15(19-11-23-16)17(21)20(10-14-4-3-9-22-14)13-5-7-18-8-6-13/h5-8,11-12,14H,3-4,9-10H2,1-2H3. The summed E-state index contributed by atoms with van der Waals surface area (Å²) >= 11 is 0. The number of pyridine rings is 1. The maximum Gasteiger partial charge on any atom is 0.280 e. The van der Waals surface area contributed by atoms with E-state index >= 15 is 0 Å². The summed E-state index contributed by atoms with van der Waals surface area (Å²) in [5.41, 5.74) is 1.16. The molecule has 1 saturated heterocycles. The van der Waals surface area contributed by atoms with Gasteiger partial charge in [0.2, 0.25) is 0 Å². The van der Waals surface area contributed by atoms with Crippen molar-refractivity contribution in [2.75, 3.05) is 18.1 Å². The summed E-state index contributed by atoms with van der Waals surface area (Å²) in [6.07, 6.45) is 6.74. The molecule has 1 atom stereocenters. The van der Waals surface area contributed by atoms with Crippen molar-refractivity contribution in [2.45, 2.75) is 38.7 Å². The number of rotatable bonds is 5. The maximum absolute atomic E-state index is 13.0. The molecule has 23 heavy (non-hydrogen) atoms. The lowest BCUT2D eigenvalue weighted by Gasteiger charge is -2.25. The Morgan fingerprint density at radius 1 is 1.39 bits per heavy atom. The van der Waals surface area contributed by atoms with Crippen LogP contribution in [0.25, 0.3) is 0 Å². The first-order valence-corrected chi connectivity index (χ1v) is 7.93. The predicted octanol–water partition coefficient (Wildman–Crippen LogP) is 3.02. The fourth-order valence-electron chi connectivity index (χ4n) is 2.77. The normalized spacial score (nSPS) is 17.6. The SMILES string of the molecule is CC(C)c1ocnc1C(=O)N(CC1CCCO1)c1ccncc1. The van der Waals surface area contributed by atoms with Crippen LogP contribution < -0.4 is 4.90 Å². The van der Waals surface area contributed by atoms with E-state index in [4.69, 9.17) is 9.15 Å². The first-order valence-electron chi connectivity index (χ1n) is 7.93. The second-order valence-electron chi connectivity index (χ2n) is 5.98. The van der Waals surface area contributed by atoms with Crippen molar-refractivity contribution < 1.29 is 13.9 Å². The minimum absolute atomic E-state index is 0.0570. The topological polar surface area (TPSA) is 68.5 Å². The van der Waals surface area contributed by atoms with E-state index in [0.717, 1.165) is 25.1 Å². The van der Waals surface area contributed by atoms with Gasteiger partial charge in [0.15, 0.2) is 12.1 Å². The van der Waals surface area contributed by atoms with Crippen molar-refractivity contribution in [2.24, 2.45) is 0 Å². The van der Waals surface area contributed by atoms with Crippen molar-refractivity contribution in [1.82, 2.24) is 9.97 Å². The number of aromatic nitrogens is 2. The van der Waals surface area contributed by atoms with Gasteiger partial charge in [0.25, 0.3) is 5.91 Å². The molecule has 122 valence electrons. The van der Waals surface area contributed by atoms with Gasteiger partial charge in [-0.25, -0.2) is 4.98 Å². The van der Waals surface area contributed by atoms with Crippen molar-refractivity contribution in [1.29, 1.82) is 0 Å². The van der Waals surface area contributed by atoms with Crippen LogP contribution in [-0.2, 0) is 4.74 Å². The van der Waals surface area contributed by atoms with E-state index in [2.05, 4.69) is 9.97 Å². The summed E-state index contributed by atoms with van der Waals surface area (Å²) in [5.74, 6) is 0.545. The Hall–Kier alpha value is -2.21. The molecular formula is C17H21N3O3. The Kier molecular flexibility index (Phi) is 4.71. The molecule has 1 fully saturated rings. The number of oxazole rings is 1. The van der Waals surface area contributed by atoms with E-state index in [-0.39, 0.29) is 17.9 Å². The van der Waals surface area contributed by atoms with Gasteiger partial charge in [0.1, 0.15) is 5.76 Å². The molecule has 1 aliphatic heterocycles. The number of hydrogen-bond acceptors (Lipinski definition) is 5. The Morgan fingerprint density at radius 2 is 2.17 bits per heavy atom. The van der Waals surface area contributed by atoms with Crippen LogP contribution in [0.2, 0.25) is 0 Å². The average molecular weight is 315 g/mol. The summed E-state index contributed by atoms with van der Waals surface area (Å²) in [6, 6.07) is 3.64. The Balaban J connectivity index is 1.90. The number of carbonyl (C=O) groups excluding carboxylic acids is 1. The van der Waals surface area contributed by atoms with Crippen LogP contribution in [0.5, 0.6) is 0 Å². The van der Waals surface area contributed by atoms with E-state index in [1.807, 2.05) is 26.0 Å². The third kappa shape index (κ3) is 3.42. The van der Waals surface area contributed by atoms with E-state index < -0.39 is 0 Å². The van der Waals surface area contributed by atoms with Crippen LogP contribution >= 0.6 is 0 Å². The first kappa shape index (κ1) is 15.7. The van der Waals surface area contributed by atoms with Crippen LogP contribution in [0.4, 0.5) is 5.69 Å². The zero-order valence-corrected chi connectivity index (χ0v) is 13.4. The van der Waals surface area contributed by atoms with E-state index in [1.165, 1.54) is 6.39 Å². The van der Waals surface area contributed by atoms with Gasteiger partial charge in [-0.2, -0.15) is 0 Å². The van der Waals surface area contributed by atoms with Crippen molar-refractivity contribution in [3.63, 3.8) is 0 Å². The first-order chi connectivity index (χ1) is 11.2. The van der Waals surface area contributed by atoms with Gasteiger partial charge in [0, 0.05) is 30.6 Å². The fraction of sp³-hybridized carbons (Fsp3) is 0.471. The smallest absolute Gasteiger partial charge is 0.280 e. The minimum Gasteiger partial charge on any atom is -0.447 e. The molecule has 0 aromatic carbocycles. The molecule has 6 heteroatoms. The summed E-state index contributed by atoms with van der Waals surface area (Å²) in [6.45, 7) is 5.22. The molecule has 0 saturated carbocycles. The molecule has 0 bridgehead atoms. The van der Waals surface area contributed by atoms with Crippen LogP contribution in [0.15, 0.2) is 35.3 Å². The molecule has 0 aliphatic carbocycles. The zero-order chi connectivity index (χ0) is 16.2. The number of anilines is 1. The predicted molar refractivity (Wildman–Crippen MR) is 85.5 cm³/mol. The van der Waals surface area contributed by atoms with Gasteiger partial charge < -0.3 is 14.1 Å². The molecule has 6 nitrogen and oxygen atoms in total. The van der Waals surface area contributed by atoms with E-state index in [9.17, 15) is 4.79 Å². The van der Waals surface area contributed by atoms with E-state index in [1.54, 1.807) is 17.3 Å².